The lowest BCUT2D eigenvalue weighted by molar-refractivity contribution is 0.327. The van der Waals surface area contributed by atoms with E-state index in [9.17, 15) is 0 Å². The first-order chi connectivity index (χ1) is 7.72. The Morgan fingerprint density at radius 3 is 2.94 bits per heavy atom. The number of likely N-dealkylation sites (N-methyl/N-ethyl adjacent to an activating group) is 2. The van der Waals surface area contributed by atoms with Gasteiger partial charge in [0.2, 0.25) is 0 Å². The van der Waals surface area contributed by atoms with Gasteiger partial charge in [-0.1, -0.05) is 18.2 Å². The summed E-state index contributed by atoms with van der Waals surface area (Å²) in [6.07, 6.45) is 1.04. The van der Waals surface area contributed by atoms with Gasteiger partial charge in [-0.15, -0.1) is 0 Å². The molecule has 1 N–H and O–H groups in total. The highest BCUT2D eigenvalue weighted by Gasteiger charge is 2.21. The second-order valence-corrected chi connectivity index (χ2v) is 4.54. The van der Waals surface area contributed by atoms with Gasteiger partial charge in [-0.2, -0.15) is 0 Å². The summed E-state index contributed by atoms with van der Waals surface area (Å²) in [5.41, 5.74) is 2.63. The normalized spacial score (nSPS) is 16.0. The second-order valence-electron chi connectivity index (χ2n) is 4.54. The fourth-order valence-corrected chi connectivity index (χ4v) is 2.23. The smallest absolute Gasteiger partial charge is 0.127 e. The van der Waals surface area contributed by atoms with Crippen LogP contribution < -0.4 is 10.1 Å². The van der Waals surface area contributed by atoms with Crippen LogP contribution in [0.15, 0.2) is 18.2 Å². The molecule has 0 saturated carbocycles. The van der Waals surface area contributed by atoms with Crippen LogP contribution in [0.1, 0.15) is 17.2 Å². The maximum absolute atomic E-state index is 5.74. The Kier molecular flexibility index (Phi) is 3.46. The summed E-state index contributed by atoms with van der Waals surface area (Å²) >= 11 is 0. The van der Waals surface area contributed by atoms with E-state index in [2.05, 4.69) is 42.5 Å². The highest BCUT2D eigenvalue weighted by molar-refractivity contribution is 5.45. The predicted octanol–water partition coefficient (Wildman–Crippen LogP) is 1.44. The number of hydrogen-bond acceptors (Lipinski definition) is 3. The zero-order valence-corrected chi connectivity index (χ0v) is 10.3. The Morgan fingerprint density at radius 1 is 1.44 bits per heavy atom. The van der Waals surface area contributed by atoms with E-state index >= 15 is 0 Å². The van der Waals surface area contributed by atoms with Gasteiger partial charge in [-0.25, -0.2) is 0 Å². The molecule has 0 bridgehead atoms. The molecule has 1 aromatic carbocycles. The van der Waals surface area contributed by atoms with Crippen LogP contribution in [0.5, 0.6) is 5.75 Å². The minimum atomic E-state index is 0.336. The number of rotatable bonds is 4. The van der Waals surface area contributed by atoms with Crippen molar-refractivity contribution in [1.82, 2.24) is 10.2 Å². The maximum Gasteiger partial charge on any atom is 0.127 e. The zero-order valence-electron chi connectivity index (χ0n) is 10.3. The van der Waals surface area contributed by atoms with Crippen LogP contribution in [0.3, 0.4) is 0 Å². The van der Waals surface area contributed by atoms with Crippen molar-refractivity contribution in [2.45, 2.75) is 12.5 Å². The molecule has 1 heterocycles. The summed E-state index contributed by atoms with van der Waals surface area (Å²) in [6.45, 7) is 1.81. The van der Waals surface area contributed by atoms with Gasteiger partial charge in [-0.05, 0) is 26.7 Å². The molecule has 0 saturated heterocycles. The molecular formula is C13H20N2O. The summed E-state index contributed by atoms with van der Waals surface area (Å²) in [4.78, 5) is 2.19. The minimum absolute atomic E-state index is 0.336. The summed E-state index contributed by atoms with van der Waals surface area (Å²) in [6, 6.07) is 6.79. The van der Waals surface area contributed by atoms with Gasteiger partial charge in [-0.3, -0.25) is 0 Å². The monoisotopic (exact) mass is 220 g/mol. The molecule has 16 heavy (non-hydrogen) atoms. The van der Waals surface area contributed by atoms with E-state index in [1.165, 1.54) is 11.1 Å². The van der Waals surface area contributed by atoms with E-state index in [0.717, 1.165) is 25.3 Å². The fraction of sp³-hybridized carbons (Fsp3) is 0.538. The molecule has 1 unspecified atom stereocenters. The molecule has 1 atom stereocenters. The van der Waals surface area contributed by atoms with Crippen molar-refractivity contribution in [3.05, 3.63) is 29.3 Å². The van der Waals surface area contributed by atoms with Crippen LogP contribution >= 0.6 is 0 Å². The van der Waals surface area contributed by atoms with Crippen molar-refractivity contribution in [3.8, 4) is 5.75 Å². The number of nitrogens with zero attached hydrogens (tertiary/aromatic N) is 1. The molecule has 1 aliphatic heterocycles. The minimum Gasteiger partial charge on any atom is -0.493 e. The van der Waals surface area contributed by atoms with E-state index in [1.54, 1.807) is 0 Å². The van der Waals surface area contributed by atoms with E-state index < -0.39 is 0 Å². The van der Waals surface area contributed by atoms with Crippen LogP contribution in [0.2, 0.25) is 0 Å². The van der Waals surface area contributed by atoms with Crippen LogP contribution in [0.25, 0.3) is 0 Å². The Balaban J connectivity index is 2.28. The topological polar surface area (TPSA) is 24.5 Å². The molecule has 3 nitrogen and oxygen atoms in total. The molecule has 0 amide bonds. The third-order valence-electron chi connectivity index (χ3n) is 3.02. The first-order valence-corrected chi connectivity index (χ1v) is 5.79. The van der Waals surface area contributed by atoms with Crippen LogP contribution in [0, 0.1) is 0 Å². The second kappa shape index (κ2) is 4.85. The standard InChI is InChI=1S/C13H20N2O/c1-14-12(9-15(2)3)11-6-4-5-10-7-8-16-13(10)11/h4-6,12,14H,7-9H2,1-3H3. The molecule has 0 fully saturated rings. The predicted molar refractivity (Wildman–Crippen MR) is 66.0 cm³/mol. The molecule has 0 aromatic heterocycles. The molecule has 0 spiro atoms. The summed E-state index contributed by atoms with van der Waals surface area (Å²) in [5.74, 6) is 1.10. The summed E-state index contributed by atoms with van der Waals surface area (Å²) < 4.78 is 5.74. The third kappa shape index (κ3) is 2.20. The van der Waals surface area contributed by atoms with Gasteiger partial charge in [0, 0.05) is 24.6 Å². The SMILES string of the molecule is CNC(CN(C)C)c1cccc2c1OCC2. The first-order valence-electron chi connectivity index (χ1n) is 5.79. The zero-order chi connectivity index (χ0) is 11.5. The molecule has 0 aliphatic carbocycles. The van der Waals surface area contributed by atoms with Crippen molar-refractivity contribution in [1.29, 1.82) is 0 Å². The van der Waals surface area contributed by atoms with Crippen molar-refractivity contribution in [2.24, 2.45) is 0 Å². The lowest BCUT2D eigenvalue weighted by Crippen LogP contribution is -2.29. The van der Waals surface area contributed by atoms with Crippen molar-refractivity contribution in [3.63, 3.8) is 0 Å². The van der Waals surface area contributed by atoms with E-state index in [4.69, 9.17) is 4.74 Å². The quantitative estimate of drug-likeness (QED) is 0.831. The van der Waals surface area contributed by atoms with Crippen LogP contribution in [0.4, 0.5) is 0 Å². The lowest BCUT2D eigenvalue weighted by atomic mass is 10.0. The van der Waals surface area contributed by atoms with Crippen molar-refractivity contribution >= 4 is 0 Å². The van der Waals surface area contributed by atoms with Crippen LogP contribution in [-0.2, 0) is 6.42 Å². The number of ether oxygens (including phenoxy) is 1. The average molecular weight is 220 g/mol. The molecular weight excluding hydrogens is 200 g/mol. The summed E-state index contributed by atoms with van der Waals surface area (Å²) in [7, 11) is 6.19. The third-order valence-corrected chi connectivity index (χ3v) is 3.02. The van der Waals surface area contributed by atoms with Gasteiger partial charge < -0.3 is 15.0 Å². The number of benzene rings is 1. The van der Waals surface area contributed by atoms with Crippen molar-refractivity contribution < 1.29 is 4.74 Å². The first kappa shape index (κ1) is 11.4. The van der Waals surface area contributed by atoms with E-state index in [-0.39, 0.29) is 0 Å². The highest BCUT2D eigenvalue weighted by atomic mass is 16.5. The average Bonchev–Trinajstić information content (AvgIpc) is 2.73. The number of nitrogens with one attached hydrogen (secondary N) is 1. The molecule has 1 aliphatic rings. The van der Waals surface area contributed by atoms with Gasteiger partial charge >= 0.3 is 0 Å². The molecule has 0 radical (unpaired) electrons. The highest BCUT2D eigenvalue weighted by Crippen LogP contribution is 2.33. The molecule has 3 heteroatoms. The molecule has 1 aromatic rings. The van der Waals surface area contributed by atoms with E-state index in [1.807, 2.05) is 7.05 Å². The number of fused-ring (bicyclic) bond motifs is 1. The molecule has 88 valence electrons. The van der Waals surface area contributed by atoms with E-state index in [0.29, 0.717) is 6.04 Å². The Morgan fingerprint density at radius 2 is 2.25 bits per heavy atom. The Bertz CT molecular complexity index is 363. The van der Waals surface area contributed by atoms with Crippen LogP contribution in [-0.4, -0.2) is 39.2 Å². The van der Waals surface area contributed by atoms with Gasteiger partial charge in [0.05, 0.1) is 6.61 Å². The van der Waals surface area contributed by atoms with Crippen molar-refractivity contribution in [2.75, 3.05) is 34.3 Å². The fourth-order valence-electron chi connectivity index (χ4n) is 2.23. The Labute approximate surface area is 97.4 Å². The lowest BCUT2D eigenvalue weighted by Gasteiger charge is -2.22. The molecule has 2 rings (SSSR count). The largest absolute Gasteiger partial charge is 0.493 e. The van der Waals surface area contributed by atoms with Gasteiger partial charge in [0.1, 0.15) is 5.75 Å². The summed E-state index contributed by atoms with van der Waals surface area (Å²) in [5, 5.41) is 3.36. The van der Waals surface area contributed by atoms with Gasteiger partial charge in [0.15, 0.2) is 0 Å². The maximum atomic E-state index is 5.74. The number of hydrogen-bond donors (Lipinski definition) is 1. The number of para-hydroxylation sites is 1. The van der Waals surface area contributed by atoms with Gasteiger partial charge in [0.25, 0.3) is 0 Å². The Hall–Kier alpha value is -1.06.